The highest BCUT2D eigenvalue weighted by atomic mass is 19.4. The van der Waals surface area contributed by atoms with Crippen LogP contribution in [0.15, 0.2) is 48.5 Å². The molecule has 0 spiro atoms. The van der Waals surface area contributed by atoms with Gasteiger partial charge in [-0.15, -0.1) is 0 Å². The minimum Gasteiger partial charge on any atom is -0.494 e. The lowest BCUT2D eigenvalue weighted by molar-refractivity contribution is -0.138. The van der Waals surface area contributed by atoms with Crippen molar-refractivity contribution in [2.24, 2.45) is 0 Å². The lowest BCUT2D eigenvalue weighted by atomic mass is 10.0. The lowest BCUT2D eigenvalue weighted by Gasteiger charge is -2.19. The Morgan fingerprint density at radius 3 is 2.11 bits per heavy atom. The van der Waals surface area contributed by atoms with E-state index in [-0.39, 0.29) is 38.2 Å². The minimum atomic E-state index is -4.56. The van der Waals surface area contributed by atoms with Crippen LogP contribution in [0, 0.1) is 0 Å². The average Bonchev–Trinajstić information content (AvgIpc) is 2.79. The van der Waals surface area contributed by atoms with Crippen LogP contribution in [0.4, 0.5) is 26.3 Å². The molecule has 2 aromatic rings. The summed E-state index contributed by atoms with van der Waals surface area (Å²) in [6.07, 6.45) is -9.99. The molecule has 0 aliphatic rings. The highest BCUT2D eigenvalue weighted by molar-refractivity contribution is 5.97. The summed E-state index contributed by atoms with van der Waals surface area (Å²) < 4.78 is 80.0. The van der Waals surface area contributed by atoms with Crippen LogP contribution in [0.2, 0.25) is 0 Å². The smallest absolute Gasteiger partial charge is 0.416 e. The zero-order valence-electron chi connectivity index (χ0n) is 18.4. The van der Waals surface area contributed by atoms with Gasteiger partial charge in [-0.1, -0.05) is 12.1 Å². The first kappa shape index (κ1) is 28.0. The fraction of sp³-hybridized carbons (Fsp3) is 0.391. The Labute approximate surface area is 197 Å². The number of hydrogen-bond donors (Lipinski definition) is 3. The van der Waals surface area contributed by atoms with E-state index in [0.717, 1.165) is 24.3 Å². The number of rotatable bonds is 11. The summed E-state index contributed by atoms with van der Waals surface area (Å²) in [5, 5.41) is 13.8. The molecule has 2 aromatic carbocycles. The molecule has 0 saturated heterocycles. The van der Waals surface area contributed by atoms with E-state index in [1.807, 2.05) is 0 Å². The van der Waals surface area contributed by atoms with Gasteiger partial charge in [-0.25, -0.2) is 0 Å². The van der Waals surface area contributed by atoms with E-state index >= 15 is 0 Å². The third-order valence-electron chi connectivity index (χ3n) is 4.74. The van der Waals surface area contributed by atoms with Gasteiger partial charge >= 0.3 is 12.4 Å². The van der Waals surface area contributed by atoms with Crippen molar-refractivity contribution in [2.75, 3.05) is 19.8 Å². The monoisotopic (exact) mass is 506 g/mol. The normalized spacial score (nSPS) is 12.7. The molecule has 1 unspecified atom stereocenters. The van der Waals surface area contributed by atoms with Crippen LogP contribution in [0.25, 0.3) is 0 Å². The highest BCUT2D eigenvalue weighted by Gasteiger charge is 2.30. The Hall–Kier alpha value is -3.28. The standard InChI is InChI=1S/C23H24F6N2O4/c24-22(25,26)10-1-13-35-18-8-2-15(3-9-18)14-19(21(34)30-11-12-32)31-20(33)16-4-6-17(7-5-16)23(27,28)29/h2-9,19,32H,1,10-14H2,(H,30,34)(H,31,33). The molecule has 0 aromatic heterocycles. The predicted molar refractivity (Wildman–Crippen MR) is 114 cm³/mol. The number of halogens is 6. The van der Waals surface area contributed by atoms with Crippen LogP contribution in [-0.4, -0.2) is 48.9 Å². The number of carbonyl (C=O) groups excluding carboxylic acids is 2. The number of benzene rings is 2. The number of ether oxygens (including phenoxy) is 1. The van der Waals surface area contributed by atoms with E-state index in [1.165, 1.54) is 12.1 Å². The van der Waals surface area contributed by atoms with Gasteiger partial charge in [-0.2, -0.15) is 26.3 Å². The molecule has 2 amide bonds. The summed E-state index contributed by atoms with van der Waals surface area (Å²) in [4.78, 5) is 25.0. The Balaban J connectivity index is 2.03. The molecule has 0 saturated carbocycles. The molecule has 3 N–H and O–H groups in total. The zero-order valence-corrected chi connectivity index (χ0v) is 18.4. The van der Waals surface area contributed by atoms with E-state index in [0.29, 0.717) is 11.3 Å². The van der Waals surface area contributed by atoms with Gasteiger partial charge in [0.2, 0.25) is 5.91 Å². The van der Waals surface area contributed by atoms with E-state index < -0.39 is 42.2 Å². The van der Waals surface area contributed by atoms with Crippen molar-refractivity contribution in [3.05, 3.63) is 65.2 Å². The van der Waals surface area contributed by atoms with Crippen molar-refractivity contribution < 1.29 is 45.8 Å². The molecule has 6 nitrogen and oxygen atoms in total. The summed E-state index contributed by atoms with van der Waals surface area (Å²) in [7, 11) is 0. The van der Waals surface area contributed by atoms with E-state index in [2.05, 4.69) is 10.6 Å². The quantitative estimate of drug-likeness (QED) is 0.319. The second-order valence-electron chi connectivity index (χ2n) is 7.53. The lowest BCUT2D eigenvalue weighted by Crippen LogP contribution is -2.48. The van der Waals surface area contributed by atoms with Crippen molar-refractivity contribution in [2.45, 2.75) is 37.7 Å². The maximum absolute atomic E-state index is 12.7. The number of nitrogens with one attached hydrogen (secondary N) is 2. The molecule has 0 aliphatic carbocycles. The Morgan fingerprint density at radius 1 is 0.943 bits per heavy atom. The second kappa shape index (κ2) is 12.4. The Morgan fingerprint density at radius 2 is 1.57 bits per heavy atom. The number of carbonyl (C=O) groups is 2. The van der Waals surface area contributed by atoms with Crippen LogP contribution in [0.3, 0.4) is 0 Å². The molecular formula is C23H24F6N2O4. The molecule has 35 heavy (non-hydrogen) atoms. The molecule has 0 fully saturated rings. The van der Waals surface area contributed by atoms with Crippen LogP contribution in [0.5, 0.6) is 5.75 Å². The van der Waals surface area contributed by atoms with Gasteiger partial charge in [0, 0.05) is 24.9 Å². The summed E-state index contributed by atoms with van der Waals surface area (Å²) >= 11 is 0. The van der Waals surface area contributed by atoms with Crippen LogP contribution in [0.1, 0.15) is 34.3 Å². The number of aliphatic hydroxyl groups is 1. The van der Waals surface area contributed by atoms with Gasteiger partial charge in [0.05, 0.1) is 18.8 Å². The van der Waals surface area contributed by atoms with Crippen molar-refractivity contribution in [3.8, 4) is 5.75 Å². The fourth-order valence-electron chi connectivity index (χ4n) is 2.98. The van der Waals surface area contributed by atoms with Gasteiger partial charge in [0.1, 0.15) is 11.8 Å². The van der Waals surface area contributed by atoms with Gasteiger partial charge in [-0.05, 0) is 48.4 Å². The zero-order chi connectivity index (χ0) is 26.1. The first-order chi connectivity index (χ1) is 16.4. The Bertz CT molecular complexity index is 960. The maximum Gasteiger partial charge on any atom is 0.416 e. The maximum atomic E-state index is 12.7. The van der Waals surface area contributed by atoms with Crippen molar-refractivity contribution in [3.63, 3.8) is 0 Å². The molecular weight excluding hydrogens is 482 g/mol. The van der Waals surface area contributed by atoms with Gasteiger partial charge in [0.15, 0.2) is 0 Å². The Kier molecular flexibility index (Phi) is 9.93. The molecule has 0 heterocycles. The number of aliphatic hydroxyl groups excluding tert-OH is 1. The van der Waals surface area contributed by atoms with Crippen LogP contribution < -0.4 is 15.4 Å². The summed E-state index contributed by atoms with van der Waals surface area (Å²) in [6.45, 7) is -0.546. The fourth-order valence-corrected chi connectivity index (χ4v) is 2.98. The average molecular weight is 506 g/mol. The molecule has 2 rings (SSSR count). The largest absolute Gasteiger partial charge is 0.494 e. The van der Waals surface area contributed by atoms with Gasteiger partial charge < -0.3 is 20.5 Å². The third kappa shape index (κ3) is 9.85. The molecule has 12 heteroatoms. The number of amides is 2. The summed E-state index contributed by atoms with van der Waals surface area (Å²) in [5.74, 6) is -1.06. The second-order valence-corrected chi connectivity index (χ2v) is 7.53. The molecule has 1 atom stereocenters. The van der Waals surface area contributed by atoms with Crippen molar-refractivity contribution in [1.29, 1.82) is 0 Å². The third-order valence-corrected chi connectivity index (χ3v) is 4.74. The molecule has 192 valence electrons. The summed E-state index contributed by atoms with van der Waals surface area (Å²) in [5.41, 5.74) is -0.433. The molecule has 0 aliphatic heterocycles. The van der Waals surface area contributed by atoms with E-state index in [4.69, 9.17) is 9.84 Å². The van der Waals surface area contributed by atoms with Crippen LogP contribution >= 0.6 is 0 Å². The SMILES string of the molecule is O=C(NC(Cc1ccc(OCCCC(F)(F)F)cc1)C(=O)NCCO)c1ccc(C(F)(F)F)cc1. The minimum absolute atomic E-state index is 0.00199. The first-order valence-electron chi connectivity index (χ1n) is 10.5. The van der Waals surface area contributed by atoms with Gasteiger partial charge in [0.25, 0.3) is 5.91 Å². The number of hydrogen-bond acceptors (Lipinski definition) is 4. The highest BCUT2D eigenvalue weighted by Crippen LogP contribution is 2.29. The van der Waals surface area contributed by atoms with Crippen LogP contribution in [-0.2, 0) is 17.4 Å². The van der Waals surface area contributed by atoms with Gasteiger partial charge in [-0.3, -0.25) is 9.59 Å². The predicted octanol–water partition coefficient (Wildman–Crippen LogP) is 3.88. The molecule has 0 radical (unpaired) electrons. The molecule has 0 bridgehead atoms. The first-order valence-corrected chi connectivity index (χ1v) is 10.5. The van der Waals surface area contributed by atoms with E-state index in [9.17, 15) is 35.9 Å². The number of alkyl halides is 6. The van der Waals surface area contributed by atoms with Crippen molar-refractivity contribution >= 4 is 11.8 Å². The summed E-state index contributed by atoms with van der Waals surface area (Å²) in [6, 6.07) is 8.51. The topological polar surface area (TPSA) is 87.7 Å². The van der Waals surface area contributed by atoms with E-state index in [1.54, 1.807) is 12.1 Å². The van der Waals surface area contributed by atoms with Crippen molar-refractivity contribution in [1.82, 2.24) is 10.6 Å².